The first kappa shape index (κ1) is 20.9. The monoisotopic (exact) mass is 428 g/mol. The molecule has 1 saturated carbocycles. The van der Waals surface area contributed by atoms with Gasteiger partial charge in [0.2, 0.25) is 0 Å². The molecule has 1 aliphatic rings. The molecule has 1 aromatic carbocycles. The third kappa shape index (κ3) is 4.14. The van der Waals surface area contributed by atoms with Gasteiger partial charge in [-0.25, -0.2) is 0 Å². The standard InChI is InChI=1S/C19H16ClF3N2O4/c1-9-3-4-11(7-13(9)20)24-16(27)12-8-14(29-10(12)2)15(26)17(28)25-18(5-6-18)19(21,22)23/h3-4,7-8H,5-6H2,1-2H3,(H,24,27)(H,25,28). The van der Waals surface area contributed by atoms with E-state index in [9.17, 15) is 27.6 Å². The first-order valence-electron chi connectivity index (χ1n) is 8.55. The van der Waals surface area contributed by atoms with Crippen molar-refractivity contribution in [3.05, 3.63) is 51.9 Å². The molecule has 1 heterocycles. The normalized spacial score (nSPS) is 15.0. The number of halogens is 4. The van der Waals surface area contributed by atoms with E-state index in [0.717, 1.165) is 11.6 Å². The third-order valence-electron chi connectivity index (χ3n) is 4.67. The summed E-state index contributed by atoms with van der Waals surface area (Å²) < 4.78 is 44.0. The molecule has 2 amide bonds. The van der Waals surface area contributed by atoms with Gasteiger partial charge in [-0.1, -0.05) is 17.7 Å². The molecule has 0 unspecified atom stereocenters. The van der Waals surface area contributed by atoms with Crippen LogP contribution in [0.2, 0.25) is 5.02 Å². The average Bonchev–Trinajstić information content (AvgIpc) is 3.31. The summed E-state index contributed by atoms with van der Waals surface area (Å²) >= 11 is 6.01. The van der Waals surface area contributed by atoms with Gasteiger partial charge in [-0.15, -0.1) is 0 Å². The van der Waals surface area contributed by atoms with Crippen LogP contribution in [0.25, 0.3) is 0 Å². The number of nitrogens with one attached hydrogen (secondary N) is 2. The number of benzene rings is 1. The van der Waals surface area contributed by atoms with Crippen LogP contribution in [0.4, 0.5) is 18.9 Å². The van der Waals surface area contributed by atoms with Gasteiger partial charge in [0.15, 0.2) is 5.76 Å². The zero-order chi connectivity index (χ0) is 21.6. The van der Waals surface area contributed by atoms with Crippen LogP contribution in [0.15, 0.2) is 28.7 Å². The number of anilines is 1. The van der Waals surface area contributed by atoms with Crippen LogP contribution in [-0.4, -0.2) is 29.3 Å². The molecular formula is C19H16ClF3N2O4. The van der Waals surface area contributed by atoms with Crippen LogP contribution >= 0.6 is 11.6 Å². The minimum Gasteiger partial charge on any atom is -0.457 e. The van der Waals surface area contributed by atoms with Crippen LogP contribution in [0.5, 0.6) is 0 Å². The highest BCUT2D eigenvalue weighted by atomic mass is 35.5. The van der Waals surface area contributed by atoms with Crippen molar-refractivity contribution in [3.8, 4) is 0 Å². The molecule has 1 aromatic heterocycles. The number of hydrogen-bond acceptors (Lipinski definition) is 4. The van der Waals surface area contributed by atoms with Gasteiger partial charge < -0.3 is 15.1 Å². The SMILES string of the molecule is Cc1ccc(NC(=O)c2cc(C(=O)C(=O)NC3(C(F)(F)F)CC3)oc2C)cc1Cl. The average molecular weight is 429 g/mol. The summed E-state index contributed by atoms with van der Waals surface area (Å²) in [6, 6.07) is 5.89. The summed E-state index contributed by atoms with van der Waals surface area (Å²) in [6.45, 7) is 3.19. The molecule has 0 atom stereocenters. The quantitative estimate of drug-likeness (QED) is 0.552. The van der Waals surface area contributed by atoms with Gasteiger partial charge in [-0.3, -0.25) is 14.4 Å². The number of ketones is 1. The van der Waals surface area contributed by atoms with Gasteiger partial charge >= 0.3 is 6.18 Å². The number of carbonyl (C=O) groups is 3. The Morgan fingerprint density at radius 1 is 1.14 bits per heavy atom. The molecule has 3 rings (SSSR count). The van der Waals surface area contributed by atoms with Crippen molar-refractivity contribution < 1.29 is 32.0 Å². The molecule has 154 valence electrons. The van der Waals surface area contributed by atoms with Crippen LogP contribution in [0, 0.1) is 13.8 Å². The van der Waals surface area contributed by atoms with E-state index >= 15 is 0 Å². The van der Waals surface area contributed by atoms with E-state index in [-0.39, 0.29) is 24.2 Å². The minimum atomic E-state index is -4.65. The lowest BCUT2D eigenvalue weighted by atomic mass is 10.1. The summed E-state index contributed by atoms with van der Waals surface area (Å²) in [7, 11) is 0. The lowest BCUT2D eigenvalue weighted by Gasteiger charge is -2.19. The Hall–Kier alpha value is -2.81. The van der Waals surface area contributed by atoms with Crippen LogP contribution in [0.1, 0.15) is 45.1 Å². The van der Waals surface area contributed by atoms with E-state index in [2.05, 4.69) is 5.32 Å². The number of aryl methyl sites for hydroxylation is 2. The van der Waals surface area contributed by atoms with Crippen molar-refractivity contribution in [1.29, 1.82) is 0 Å². The second-order valence-corrected chi connectivity index (χ2v) is 7.27. The number of alkyl halides is 3. The molecule has 0 spiro atoms. The summed E-state index contributed by atoms with van der Waals surface area (Å²) in [4.78, 5) is 36.6. The predicted molar refractivity (Wildman–Crippen MR) is 98.1 cm³/mol. The van der Waals surface area contributed by atoms with Crippen molar-refractivity contribution in [2.24, 2.45) is 0 Å². The molecule has 0 radical (unpaired) electrons. The Kier molecular flexibility index (Phi) is 5.20. The van der Waals surface area contributed by atoms with Crippen molar-refractivity contribution in [2.45, 2.75) is 38.4 Å². The van der Waals surface area contributed by atoms with E-state index in [1.165, 1.54) is 13.0 Å². The van der Waals surface area contributed by atoms with Crippen LogP contribution in [-0.2, 0) is 4.79 Å². The Labute approximate surface area is 168 Å². The van der Waals surface area contributed by atoms with Crippen molar-refractivity contribution in [3.63, 3.8) is 0 Å². The van der Waals surface area contributed by atoms with E-state index in [0.29, 0.717) is 10.7 Å². The van der Waals surface area contributed by atoms with Crippen molar-refractivity contribution in [1.82, 2.24) is 5.32 Å². The highest BCUT2D eigenvalue weighted by Crippen LogP contribution is 2.48. The van der Waals surface area contributed by atoms with Crippen molar-refractivity contribution in [2.75, 3.05) is 5.32 Å². The first-order chi connectivity index (χ1) is 13.4. The van der Waals surface area contributed by atoms with Gasteiger partial charge in [0.05, 0.1) is 5.56 Å². The second-order valence-electron chi connectivity index (χ2n) is 6.86. The van der Waals surface area contributed by atoms with Gasteiger partial charge in [0.1, 0.15) is 11.3 Å². The molecule has 1 aliphatic carbocycles. The van der Waals surface area contributed by atoms with Crippen LogP contribution in [0.3, 0.4) is 0 Å². The van der Waals surface area contributed by atoms with Gasteiger partial charge in [-0.2, -0.15) is 13.2 Å². The fraction of sp³-hybridized carbons (Fsp3) is 0.316. The smallest absolute Gasteiger partial charge is 0.411 e. The Morgan fingerprint density at radius 2 is 1.79 bits per heavy atom. The summed E-state index contributed by atoms with van der Waals surface area (Å²) in [6.07, 6.45) is -5.23. The maximum atomic E-state index is 12.9. The van der Waals surface area contributed by atoms with E-state index in [1.807, 2.05) is 0 Å². The fourth-order valence-corrected chi connectivity index (χ4v) is 2.86. The number of carbonyl (C=O) groups excluding carboxylic acids is 3. The number of Topliss-reactive ketones (excluding diaryl/α,β-unsaturated/α-hetero) is 1. The molecule has 0 saturated heterocycles. The zero-order valence-electron chi connectivity index (χ0n) is 15.4. The number of amides is 2. The Morgan fingerprint density at radius 3 is 2.34 bits per heavy atom. The largest absolute Gasteiger partial charge is 0.457 e. The Balaban J connectivity index is 1.73. The molecule has 6 nitrogen and oxygen atoms in total. The van der Waals surface area contributed by atoms with Gasteiger partial charge in [-0.05, 0) is 44.4 Å². The maximum absolute atomic E-state index is 12.9. The topological polar surface area (TPSA) is 88.4 Å². The summed E-state index contributed by atoms with van der Waals surface area (Å²) in [5, 5.41) is 4.74. The number of furan rings is 1. The second kappa shape index (κ2) is 7.22. The maximum Gasteiger partial charge on any atom is 0.411 e. The van der Waals surface area contributed by atoms with E-state index in [4.69, 9.17) is 16.0 Å². The highest BCUT2D eigenvalue weighted by Gasteiger charge is 2.64. The van der Waals surface area contributed by atoms with Crippen LogP contribution < -0.4 is 10.6 Å². The number of hydrogen-bond donors (Lipinski definition) is 2. The molecule has 0 aliphatic heterocycles. The molecule has 29 heavy (non-hydrogen) atoms. The third-order valence-corrected chi connectivity index (χ3v) is 5.07. The summed E-state index contributed by atoms with van der Waals surface area (Å²) in [5.41, 5.74) is -1.19. The molecule has 0 bridgehead atoms. The van der Waals surface area contributed by atoms with E-state index in [1.54, 1.807) is 24.4 Å². The molecule has 10 heteroatoms. The first-order valence-corrected chi connectivity index (χ1v) is 8.93. The molecule has 2 N–H and O–H groups in total. The highest BCUT2D eigenvalue weighted by molar-refractivity contribution is 6.42. The number of rotatable bonds is 5. The predicted octanol–water partition coefficient (Wildman–Crippen LogP) is 4.20. The van der Waals surface area contributed by atoms with Gasteiger partial charge in [0.25, 0.3) is 17.6 Å². The molecule has 1 fully saturated rings. The minimum absolute atomic E-state index is 0.0326. The fourth-order valence-electron chi connectivity index (χ4n) is 2.68. The molecular weight excluding hydrogens is 413 g/mol. The lowest BCUT2D eigenvalue weighted by molar-refractivity contribution is -0.169. The van der Waals surface area contributed by atoms with Gasteiger partial charge in [0, 0.05) is 16.8 Å². The van der Waals surface area contributed by atoms with E-state index < -0.39 is 35.1 Å². The lowest BCUT2D eigenvalue weighted by Crippen LogP contribution is -2.50. The Bertz CT molecular complexity index is 1010. The van der Waals surface area contributed by atoms with Crippen molar-refractivity contribution >= 4 is 34.9 Å². The molecule has 2 aromatic rings. The summed E-state index contributed by atoms with van der Waals surface area (Å²) in [5.74, 6) is -3.84. The zero-order valence-corrected chi connectivity index (χ0v) is 16.1.